The molecule has 1 amide bonds. The summed E-state index contributed by atoms with van der Waals surface area (Å²) >= 11 is 6.12. The van der Waals surface area contributed by atoms with Gasteiger partial charge in [-0.15, -0.1) is 12.4 Å². The van der Waals surface area contributed by atoms with Gasteiger partial charge in [0.2, 0.25) is 5.91 Å². The lowest BCUT2D eigenvalue weighted by Crippen LogP contribution is -2.48. The van der Waals surface area contributed by atoms with Crippen LogP contribution in [-0.4, -0.2) is 43.5 Å². The molecule has 1 aliphatic heterocycles. The maximum Gasteiger partial charge on any atom is 0.238 e. The quantitative estimate of drug-likeness (QED) is 0.843. The summed E-state index contributed by atoms with van der Waals surface area (Å²) in [7, 11) is 0. The van der Waals surface area contributed by atoms with E-state index >= 15 is 0 Å². The van der Waals surface area contributed by atoms with Crippen molar-refractivity contribution in [2.24, 2.45) is 0 Å². The molecule has 3 rings (SSSR count). The molecule has 2 aromatic carbocycles. The van der Waals surface area contributed by atoms with Gasteiger partial charge in [-0.3, -0.25) is 9.69 Å². The molecule has 7 heteroatoms. The maximum absolute atomic E-state index is 12.3. The van der Waals surface area contributed by atoms with Crippen LogP contribution >= 0.6 is 24.0 Å². The van der Waals surface area contributed by atoms with Crippen molar-refractivity contribution >= 4 is 41.3 Å². The first kappa shape index (κ1) is 21.0. The molecule has 2 aromatic rings. The number of hydrogen-bond donors (Lipinski definition) is 1. The zero-order valence-corrected chi connectivity index (χ0v) is 16.7. The molecule has 0 unspecified atom stereocenters. The van der Waals surface area contributed by atoms with E-state index in [1.807, 2.05) is 24.3 Å². The first-order valence-electron chi connectivity index (χ1n) is 8.59. The van der Waals surface area contributed by atoms with Crippen LogP contribution in [-0.2, 0) is 4.79 Å². The van der Waals surface area contributed by atoms with Crippen molar-refractivity contribution in [3.63, 3.8) is 0 Å². The van der Waals surface area contributed by atoms with Crippen molar-refractivity contribution in [3.05, 3.63) is 58.6 Å². The number of benzene rings is 2. The molecule has 0 radical (unpaired) electrons. The van der Waals surface area contributed by atoms with E-state index in [4.69, 9.17) is 16.9 Å². The fourth-order valence-corrected chi connectivity index (χ4v) is 3.32. The molecule has 0 saturated carbocycles. The molecule has 1 saturated heterocycles. The van der Waals surface area contributed by atoms with Crippen molar-refractivity contribution in [3.8, 4) is 6.07 Å². The van der Waals surface area contributed by atoms with E-state index < -0.39 is 0 Å². The Bertz CT molecular complexity index is 842. The molecule has 0 atom stereocenters. The van der Waals surface area contributed by atoms with Gasteiger partial charge in [0, 0.05) is 36.9 Å². The molecular formula is C20H22Cl2N4O. The molecule has 5 nitrogen and oxygen atoms in total. The number of anilines is 2. The Kier molecular flexibility index (Phi) is 7.49. The third kappa shape index (κ3) is 5.36. The number of carbonyl (C=O) groups excluding carboxylic acids is 1. The van der Waals surface area contributed by atoms with Gasteiger partial charge in [-0.05, 0) is 36.8 Å². The second-order valence-electron chi connectivity index (χ2n) is 6.40. The Balaban J connectivity index is 0.00000261. The number of halogens is 2. The monoisotopic (exact) mass is 404 g/mol. The smallest absolute Gasteiger partial charge is 0.238 e. The van der Waals surface area contributed by atoms with Crippen molar-refractivity contribution in [1.82, 2.24) is 4.90 Å². The highest BCUT2D eigenvalue weighted by Crippen LogP contribution is 2.25. The van der Waals surface area contributed by atoms with E-state index in [1.165, 1.54) is 5.56 Å². The van der Waals surface area contributed by atoms with Gasteiger partial charge in [0.15, 0.2) is 0 Å². The number of piperazine rings is 1. The van der Waals surface area contributed by atoms with Gasteiger partial charge in [0.1, 0.15) is 6.07 Å². The van der Waals surface area contributed by atoms with Crippen LogP contribution in [0, 0.1) is 18.3 Å². The summed E-state index contributed by atoms with van der Waals surface area (Å²) in [6.45, 7) is 5.71. The minimum Gasteiger partial charge on any atom is -0.369 e. The number of nitriles is 1. The topological polar surface area (TPSA) is 59.4 Å². The predicted molar refractivity (Wildman–Crippen MR) is 112 cm³/mol. The van der Waals surface area contributed by atoms with Gasteiger partial charge in [-0.1, -0.05) is 29.8 Å². The maximum atomic E-state index is 12.3. The SMILES string of the molecule is Cc1ccc(Cl)cc1N1CCN(CC(=O)Nc2ccccc2C#N)CC1.Cl. The van der Waals surface area contributed by atoms with Gasteiger partial charge >= 0.3 is 0 Å². The Labute approximate surface area is 170 Å². The highest BCUT2D eigenvalue weighted by atomic mass is 35.5. The Morgan fingerprint density at radius 1 is 1.19 bits per heavy atom. The van der Waals surface area contributed by atoms with Crippen molar-refractivity contribution in [2.75, 3.05) is 42.9 Å². The van der Waals surface area contributed by atoms with Gasteiger partial charge < -0.3 is 10.2 Å². The zero-order chi connectivity index (χ0) is 18.5. The van der Waals surface area contributed by atoms with Crippen LogP contribution in [0.2, 0.25) is 5.02 Å². The van der Waals surface area contributed by atoms with E-state index in [-0.39, 0.29) is 18.3 Å². The number of nitrogens with zero attached hydrogens (tertiary/aromatic N) is 3. The average Bonchev–Trinajstić information content (AvgIpc) is 2.65. The van der Waals surface area contributed by atoms with Gasteiger partial charge in [-0.25, -0.2) is 0 Å². The average molecular weight is 405 g/mol. The molecule has 27 heavy (non-hydrogen) atoms. The number of carbonyl (C=O) groups is 1. The van der Waals surface area contributed by atoms with Crippen LogP contribution in [0.5, 0.6) is 0 Å². The number of rotatable bonds is 4. The largest absolute Gasteiger partial charge is 0.369 e. The van der Waals surface area contributed by atoms with Gasteiger partial charge in [-0.2, -0.15) is 5.26 Å². The normalized spacial score (nSPS) is 14.2. The number of aryl methyl sites for hydroxylation is 1. The summed E-state index contributed by atoms with van der Waals surface area (Å²) in [5, 5.41) is 12.7. The van der Waals surface area contributed by atoms with Gasteiger partial charge in [0.05, 0.1) is 17.8 Å². The standard InChI is InChI=1S/C20H21ClN4O.ClH/c1-15-6-7-17(21)12-19(15)25-10-8-24(9-11-25)14-20(26)23-18-5-3-2-4-16(18)13-22;/h2-7,12H,8-11,14H2,1H3,(H,23,26);1H. The van der Waals surface area contributed by atoms with Crippen LogP contribution < -0.4 is 10.2 Å². The van der Waals surface area contributed by atoms with Crippen molar-refractivity contribution < 1.29 is 4.79 Å². The first-order chi connectivity index (χ1) is 12.6. The highest BCUT2D eigenvalue weighted by molar-refractivity contribution is 6.30. The minimum absolute atomic E-state index is 0. The summed E-state index contributed by atoms with van der Waals surface area (Å²) < 4.78 is 0. The Hall–Kier alpha value is -2.26. The lowest BCUT2D eigenvalue weighted by molar-refractivity contribution is -0.117. The Morgan fingerprint density at radius 2 is 1.89 bits per heavy atom. The molecule has 142 valence electrons. The van der Waals surface area contributed by atoms with Crippen LogP contribution in [0.4, 0.5) is 11.4 Å². The van der Waals surface area contributed by atoms with Crippen LogP contribution in [0.1, 0.15) is 11.1 Å². The number of para-hydroxylation sites is 1. The Morgan fingerprint density at radius 3 is 2.59 bits per heavy atom. The number of amides is 1. The summed E-state index contributed by atoms with van der Waals surface area (Å²) in [5.74, 6) is -0.0971. The second kappa shape index (κ2) is 9.61. The van der Waals surface area contributed by atoms with Crippen molar-refractivity contribution in [1.29, 1.82) is 5.26 Å². The molecular weight excluding hydrogens is 383 g/mol. The van der Waals surface area contributed by atoms with Gasteiger partial charge in [0.25, 0.3) is 0 Å². The fraction of sp³-hybridized carbons (Fsp3) is 0.300. The fourth-order valence-electron chi connectivity index (χ4n) is 3.15. The highest BCUT2D eigenvalue weighted by Gasteiger charge is 2.20. The van der Waals surface area contributed by atoms with Crippen molar-refractivity contribution in [2.45, 2.75) is 6.92 Å². The van der Waals surface area contributed by atoms with E-state index in [1.54, 1.807) is 18.2 Å². The second-order valence-corrected chi connectivity index (χ2v) is 6.84. The molecule has 0 spiro atoms. The van der Waals surface area contributed by atoms with Crippen LogP contribution in [0.3, 0.4) is 0 Å². The first-order valence-corrected chi connectivity index (χ1v) is 8.97. The third-order valence-corrected chi connectivity index (χ3v) is 4.81. The van der Waals surface area contributed by atoms with Crippen LogP contribution in [0.25, 0.3) is 0 Å². The lowest BCUT2D eigenvalue weighted by atomic mass is 10.1. The third-order valence-electron chi connectivity index (χ3n) is 4.57. The summed E-state index contributed by atoms with van der Waals surface area (Å²) in [6.07, 6.45) is 0. The summed E-state index contributed by atoms with van der Waals surface area (Å²) in [5.41, 5.74) is 3.40. The molecule has 1 fully saturated rings. The van der Waals surface area contributed by atoms with E-state index in [0.717, 1.165) is 36.9 Å². The zero-order valence-electron chi connectivity index (χ0n) is 15.1. The molecule has 0 bridgehead atoms. The molecule has 1 aliphatic rings. The van der Waals surface area contributed by atoms with E-state index in [2.05, 4.69) is 28.1 Å². The number of nitrogens with one attached hydrogen (secondary N) is 1. The molecule has 0 aliphatic carbocycles. The summed E-state index contributed by atoms with van der Waals surface area (Å²) in [4.78, 5) is 16.7. The molecule has 1 heterocycles. The molecule has 1 N–H and O–H groups in total. The lowest BCUT2D eigenvalue weighted by Gasteiger charge is -2.36. The van der Waals surface area contributed by atoms with E-state index in [9.17, 15) is 4.79 Å². The number of hydrogen-bond acceptors (Lipinski definition) is 4. The van der Waals surface area contributed by atoms with E-state index in [0.29, 0.717) is 17.8 Å². The molecule has 0 aromatic heterocycles. The van der Waals surface area contributed by atoms with Crippen LogP contribution in [0.15, 0.2) is 42.5 Å². The predicted octanol–water partition coefficient (Wildman–Crippen LogP) is 3.70. The minimum atomic E-state index is -0.0971. The summed E-state index contributed by atoms with van der Waals surface area (Å²) in [6, 6.07) is 15.1.